The van der Waals surface area contributed by atoms with E-state index in [1.807, 2.05) is 24.3 Å². The van der Waals surface area contributed by atoms with Crippen molar-refractivity contribution in [1.82, 2.24) is 0 Å². The van der Waals surface area contributed by atoms with Crippen molar-refractivity contribution >= 4 is 17.4 Å². The predicted molar refractivity (Wildman–Crippen MR) is 64.9 cm³/mol. The van der Waals surface area contributed by atoms with Crippen LogP contribution in [-0.4, -0.2) is 18.7 Å². The van der Waals surface area contributed by atoms with Gasteiger partial charge >= 0.3 is 0 Å². The normalized spacial score (nSPS) is 26.8. The Balaban J connectivity index is 2.22. The Kier molecular flexibility index (Phi) is 1.99. The minimum Gasteiger partial charge on any atom is -0.314 e. The molecular formula is C14H13NO2. The molecule has 0 saturated carbocycles. The summed E-state index contributed by atoms with van der Waals surface area (Å²) >= 11 is 0. The minimum absolute atomic E-state index is 0.0717. The Labute approximate surface area is 99.7 Å². The van der Waals surface area contributed by atoms with Gasteiger partial charge in [0.25, 0.3) is 0 Å². The van der Waals surface area contributed by atoms with Crippen molar-refractivity contribution < 1.29 is 9.59 Å². The molecule has 0 aromatic heterocycles. The van der Waals surface area contributed by atoms with Gasteiger partial charge in [0.1, 0.15) is 0 Å². The summed E-state index contributed by atoms with van der Waals surface area (Å²) in [4.78, 5) is 25.4. The molecule has 3 heteroatoms. The van der Waals surface area contributed by atoms with Crippen LogP contribution in [0.25, 0.3) is 0 Å². The van der Waals surface area contributed by atoms with Gasteiger partial charge in [-0.3, -0.25) is 9.59 Å². The summed E-state index contributed by atoms with van der Waals surface area (Å²) in [7, 11) is 1.79. The molecule has 17 heavy (non-hydrogen) atoms. The van der Waals surface area contributed by atoms with Crippen molar-refractivity contribution in [1.29, 1.82) is 0 Å². The fourth-order valence-corrected chi connectivity index (χ4v) is 2.79. The van der Waals surface area contributed by atoms with Crippen molar-refractivity contribution in [2.75, 3.05) is 11.9 Å². The monoisotopic (exact) mass is 227 g/mol. The average molecular weight is 227 g/mol. The molecule has 3 nitrogen and oxygen atoms in total. The van der Waals surface area contributed by atoms with Gasteiger partial charge in [0, 0.05) is 19.2 Å². The number of carbonyl (C=O) groups is 2. The molecule has 1 spiro atoms. The van der Waals surface area contributed by atoms with E-state index in [0.717, 1.165) is 11.3 Å². The van der Waals surface area contributed by atoms with E-state index < -0.39 is 5.41 Å². The number of ketones is 1. The summed E-state index contributed by atoms with van der Waals surface area (Å²) in [6.07, 6.45) is 4.37. The second kappa shape index (κ2) is 3.29. The fourth-order valence-electron chi connectivity index (χ4n) is 2.79. The molecule has 1 aliphatic heterocycles. The number of hydrogen-bond acceptors (Lipinski definition) is 2. The quantitative estimate of drug-likeness (QED) is 0.678. The SMILES string of the molecule is CN1C(=O)[C@@]2(C=CC(=O)CC2)c2ccccc21. The highest BCUT2D eigenvalue weighted by atomic mass is 16.2. The molecule has 3 rings (SSSR count). The number of anilines is 1. The smallest absolute Gasteiger partial charge is 0.241 e. The third kappa shape index (κ3) is 1.22. The van der Waals surface area contributed by atoms with Crippen molar-refractivity contribution in [3.05, 3.63) is 42.0 Å². The van der Waals surface area contributed by atoms with Gasteiger partial charge in [-0.05, 0) is 24.1 Å². The van der Waals surface area contributed by atoms with Gasteiger partial charge in [-0.1, -0.05) is 24.3 Å². The molecular weight excluding hydrogens is 214 g/mol. The Morgan fingerprint density at radius 3 is 2.71 bits per heavy atom. The molecule has 1 aliphatic carbocycles. The van der Waals surface area contributed by atoms with Gasteiger partial charge in [-0.25, -0.2) is 0 Å². The van der Waals surface area contributed by atoms with Crippen LogP contribution in [0.4, 0.5) is 5.69 Å². The molecule has 0 radical (unpaired) electrons. The van der Waals surface area contributed by atoms with Gasteiger partial charge in [0.15, 0.2) is 5.78 Å². The molecule has 1 aromatic carbocycles. The van der Waals surface area contributed by atoms with Crippen LogP contribution >= 0.6 is 0 Å². The lowest BCUT2D eigenvalue weighted by atomic mass is 9.74. The van der Waals surface area contributed by atoms with Gasteiger partial charge in [0.05, 0.1) is 5.41 Å². The Morgan fingerprint density at radius 1 is 1.24 bits per heavy atom. The summed E-state index contributed by atoms with van der Waals surface area (Å²) in [5, 5.41) is 0. The molecule has 0 bridgehead atoms. The zero-order valence-corrected chi connectivity index (χ0v) is 9.64. The van der Waals surface area contributed by atoms with Gasteiger partial charge in [-0.15, -0.1) is 0 Å². The van der Waals surface area contributed by atoms with E-state index in [-0.39, 0.29) is 11.7 Å². The van der Waals surface area contributed by atoms with Gasteiger partial charge < -0.3 is 4.90 Å². The summed E-state index contributed by atoms with van der Waals surface area (Å²) in [5.41, 5.74) is 1.38. The summed E-state index contributed by atoms with van der Waals surface area (Å²) in [6, 6.07) is 7.81. The summed E-state index contributed by atoms with van der Waals surface area (Å²) < 4.78 is 0. The van der Waals surface area contributed by atoms with E-state index in [1.165, 1.54) is 0 Å². The number of allylic oxidation sites excluding steroid dienone is 1. The van der Waals surface area contributed by atoms with E-state index in [1.54, 1.807) is 24.1 Å². The van der Waals surface area contributed by atoms with E-state index in [9.17, 15) is 9.59 Å². The Morgan fingerprint density at radius 2 is 2.00 bits per heavy atom. The first kappa shape index (κ1) is 10.3. The molecule has 2 aliphatic rings. The zero-order valence-electron chi connectivity index (χ0n) is 9.64. The largest absolute Gasteiger partial charge is 0.314 e. The zero-order chi connectivity index (χ0) is 12.0. The number of para-hydroxylation sites is 1. The number of likely N-dealkylation sites (N-methyl/N-ethyl adjacent to an activating group) is 1. The third-order valence-electron chi connectivity index (χ3n) is 3.75. The van der Waals surface area contributed by atoms with Crippen LogP contribution in [0.1, 0.15) is 18.4 Å². The number of rotatable bonds is 0. The predicted octanol–water partition coefficient (Wildman–Crippen LogP) is 1.82. The van der Waals surface area contributed by atoms with Crippen LogP contribution in [-0.2, 0) is 15.0 Å². The third-order valence-corrected chi connectivity index (χ3v) is 3.75. The maximum Gasteiger partial charge on any atom is 0.241 e. The molecule has 1 atom stereocenters. The lowest BCUT2D eigenvalue weighted by Gasteiger charge is -2.26. The summed E-state index contributed by atoms with van der Waals surface area (Å²) in [6.45, 7) is 0. The van der Waals surface area contributed by atoms with E-state index in [0.29, 0.717) is 12.8 Å². The van der Waals surface area contributed by atoms with Crippen LogP contribution in [0.2, 0.25) is 0 Å². The highest BCUT2D eigenvalue weighted by molar-refractivity contribution is 6.11. The first-order valence-corrected chi connectivity index (χ1v) is 5.75. The molecule has 1 heterocycles. The van der Waals surface area contributed by atoms with Crippen molar-refractivity contribution in [2.45, 2.75) is 18.3 Å². The minimum atomic E-state index is -0.598. The van der Waals surface area contributed by atoms with Crippen molar-refractivity contribution in [3.63, 3.8) is 0 Å². The van der Waals surface area contributed by atoms with Gasteiger partial charge in [0.2, 0.25) is 5.91 Å². The second-order valence-corrected chi connectivity index (χ2v) is 4.65. The van der Waals surface area contributed by atoms with E-state index >= 15 is 0 Å². The van der Waals surface area contributed by atoms with E-state index in [4.69, 9.17) is 0 Å². The highest BCUT2D eigenvalue weighted by Gasteiger charge is 2.48. The lowest BCUT2D eigenvalue weighted by Crippen LogP contribution is -2.39. The highest BCUT2D eigenvalue weighted by Crippen LogP contribution is 2.46. The first-order valence-electron chi connectivity index (χ1n) is 5.75. The molecule has 86 valence electrons. The lowest BCUT2D eigenvalue weighted by molar-refractivity contribution is -0.122. The Hall–Kier alpha value is -1.90. The van der Waals surface area contributed by atoms with Crippen LogP contribution in [0, 0.1) is 0 Å². The maximum absolute atomic E-state index is 12.4. The van der Waals surface area contributed by atoms with Crippen molar-refractivity contribution in [3.8, 4) is 0 Å². The van der Waals surface area contributed by atoms with Crippen LogP contribution in [0.3, 0.4) is 0 Å². The number of carbonyl (C=O) groups excluding carboxylic acids is 2. The molecule has 0 unspecified atom stereocenters. The van der Waals surface area contributed by atoms with Crippen LogP contribution < -0.4 is 4.90 Å². The number of amides is 1. The number of fused-ring (bicyclic) bond motifs is 2. The first-order chi connectivity index (χ1) is 8.15. The van der Waals surface area contributed by atoms with Crippen LogP contribution in [0.5, 0.6) is 0 Å². The fraction of sp³-hybridized carbons (Fsp3) is 0.286. The summed E-state index contributed by atoms with van der Waals surface area (Å²) in [5.74, 6) is 0.179. The van der Waals surface area contributed by atoms with Gasteiger partial charge in [-0.2, -0.15) is 0 Å². The standard InChI is InChI=1S/C14H13NO2/c1-15-12-5-3-2-4-11(12)14(13(15)17)8-6-10(16)7-9-14/h2-6,8H,7,9H2,1H3/t14-/m1/s1. The molecule has 0 saturated heterocycles. The average Bonchev–Trinajstić information content (AvgIpc) is 2.57. The molecule has 1 amide bonds. The molecule has 0 N–H and O–H groups in total. The molecule has 0 fully saturated rings. The van der Waals surface area contributed by atoms with Crippen molar-refractivity contribution in [2.24, 2.45) is 0 Å². The molecule has 1 aromatic rings. The number of benzene rings is 1. The topological polar surface area (TPSA) is 37.4 Å². The Bertz CT molecular complexity index is 547. The maximum atomic E-state index is 12.4. The second-order valence-electron chi connectivity index (χ2n) is 4.65. The number of hydrogen-bond donors (Lipinski definition) is 0. The number of nitrogens with zero attached hydrogens (tertiary/aromatic N) is 1. The van der Waals surface area contributed by atoms with E-state index in [2.05, 4.69) is 0 Å². The van der Waals surface area contributed by atoms with Crippen LogP contribution in [0.15, 0.2) is 36.4 Å².